The lowest BCUT2D eigenvalue weighted by atomic mass is 10.00. The van der Waals surface area contributed by atoms with E-state index < -0.39 is 0 Å². The normalized spacial score (nSPS) is 17.5. The zero-order valence-corrected chi connectivity index (χ0v) is 14.0. The van der Waals surface area contributed by atoms with Crippen LogP contribution in [0.25, 0.3) is 0 Å². The van der Waals surface area contributed by atoms with Gasteiger partial charge in [-0.1, -0.05) is 0 Å². The minimum Gasteiger partial charge on any atom is -0.490 e. The van der Waals surface area contributed by atoms with Crippen LogP contribution < -0.4 is 10.1 Å². The van der Waals surface area contributed by atoms with Gasteiger partial charge in [0.15, 0.2) is 0 Å². The van der Waals surface area contributed by atoms with Gasteiger partial charge in [-0.25, -0.2) is 4.79 Å². The average Bonchev–Trinajstić information content (AvgIpc) is 3.05. The number of ether oxygens (including phenoxy) is 1. The van der Waals surface area contributed by atoms with Gasteiger partial charge in [-0.3, -0.25) is 4.98 Å². The number of rotatable bonds is 5. The summed E-state index contributed by atoms with van der Waals surface area (Å²) in [4.78, 5) is 18.5. The second-order valence-corrected chi connectivity index (χ2v) is 6.02. The second kappa shape index (κ2) is 7.86. The molecule has 2 aromatic heterocycles. The highest BCUT2D eigenvalue weighted by molar-refractivity contribution is 5.74. The fourth-order valence-electron chi connectivity index (χ4n) is 3.16. The van der Waals surface area contributed by atoms with Gasteiger partial charge in [-0.2, -0.15) is 0 Å². The van der Waals surface area contributed by atoms with Gasteiger partial charge in [0.05, 0.1) is 18.8 Å². The number of nitrogens with one attached hydrogen (secondary N) is 1. The summed E-state index contributed by atoms with van der Waals surface area (Å²) in [6, 6.07) is 7.94. The fourth-order valence-corrected chi connectivity index (χ4v) is 3.16. The van der Waals surface area contributed by atoms with Crippen molar-refractivity contribution >= 4 is 6.03 Å². The zero-order valence-electron chi connectivity index (χ0n) is 14.0. The molecule has 3 rings (SSSR count). The number of aryl methyl sites for hydroxylation is 1. The topological polar surface area (TPSA) is 59.4 Å². The van der Waals surface area contributed by atoms with E-state index in [1.54, 1.807) is 12.4 Å². The Labute approximate surface area is 142 Å². The molecule has 2 amide bonds. The number of hydrogen-bond donors (Lipinski definition) is 1. The molecule has 0 aliphatic carbocycles. The van der Waals surface area contributed by atoms with E-state index >= 15 is 0 Å². The van der Waals surface area contributed by atoms with Crippen molar-refractivity contribution in [2.45, 2.75) is 25.3 Å². The molecule has 1 saturated heterocycles. The number of nitrogens with zero attached hydrogens (tertiary/aromatic N) is 3. The van der Waals surface area contributed by atoms with Gasteiger partial charge in [-0.15, -0.1) is 0 Å². The van der Waals surface area contributed by atoms with Gasteiger partial charge in [0, 0.05) is 31.7 Å². The number of amides is 2. The van der Waals surface area contributed by atoms with E-state index in [-0.39, 0.29) is 12.1 Å². The molecule has 3 heterocycles. The molecule has 1 aliphatic rings. The first-order chi connectivity index (χ1) is 11.8. The van der Waals surface area contributed by atoms with Crippen LogP contribution in [0, 0.1) is 0 Å². The summed E-state index contributed by atoms with van der Waals surface area (Å²) in [5, 5.41) is 2.97. The molecule has 1 fully saturated rings. The SMILES string of the molecule is Cn1cccc1C1CCCCN1C(=O)NCCOc1cccnc1. The van der Waals surface area contributed by atoms with Gasteiger partial charge in [-0.05, 0) is 43.5 Å². The highest BCUT2D eigenvalue weighted by Gasteiger charge is 2.29. The van der Waals surface area contributed by atoms with E-state index in [2.05, 4.69) is 20.9 Å². The van der Waals surface area contributed by atoms with Crippen LogP contribution in [0.3, 0.4) is 0 Å². The minimum absolute atomic E-state index is 0.0179. The van der Waals surface area contributed by atoms with Crippen molar-refractivity contribution in [2.24, 2.45) is 7.05 Å². The maximum absolute atomic E-state index is 12.6. The molecular weight excluding hydrogens is 304 g/mol. The Morgan fingerprint density at radius 2 is 2.29 bits per heavy atom. The van der Waals surface area contributed by atoms with Crippen LogP contribution in [0.2, 0.25) is 0 Å². The second-order valence-electron chi connectivity index (χ2n) is 6.02. The fraction of sp³-hybridized carbons (Fsp3) is 0.444. The molecule has 6 nitrogen and oxygen atoms in total. The van der Waals surface area contributed by atoms with Gasteiger partial charge in [0.1, 0.15) is 12.4 Å². The van der Waals surface area contributed by atoms with E-state index in [1.807, 2.05) is 36.3 Å². The molecule has 1 aliphatic heterocycles. The molecule has 0 radical (unpaired) electrons. The largest absolute Gasteiger partial charge is 0.490 e. The predicted octanol–water partition coefficient (Wildman–Crippen LogP) is 2.74. The Balaban J connectivity index is 1.52. The summed E-state index contributed by atoms with van der Waals surface area (Å²) < 4.78 is 7.66. The lowest BCUT2D eigenvalue weighted by Gasteiger charge is -2.36. The van der Waals surface area contributed by atoms with Gasteiger partial charge in [0.25, 0.3) is 0 Å². The van der Waals surface area contributed by atoms with E-state index in [1.165, 1.54) is 5.69 Å². The average molecular weight is 328 g/mol. The number of likely N-dealkylation sites (tertiary alicyclic amines) is 1. The number of urea groups is 1. The van der Waals surface area contributed by atoms with Gasteiger partial charge in [0.2, 0.25) is 0 Å². The monoisotopic (exact) mass is 328 g/mol. The maximum atomic E-state index is 12.6. The van der Waals surface area contributed by atoms with Crippen LogP contribution in [0.1, 0.15) is 31.0 Å². The molecular formula is C18H24N4O2. The molecule has 6 heteroatoms. The molecule has 128 valence electrons. The van der Waals surface area contributed by atoms with E-state index in [0.29, 0.717) is 18.9 Å². The van der Waals surface area contributed by atoms with Gasteiger partial charge < -0.3 is 19.5 Å². The lowest BCUT2D eigenvalue weighted by Crippen LogP contribution is -2.46. The van der Waals surface area contributed by atoms with Crippen LogP contribution in [0.15, 0.2) is 42.9 Å². The summed E-state index contributed by atoms with van der Waals surface area (Å²) >= 11 is 0. The Morgan fingerprint density at radius 3 is 3.04 bits per heavy atom. The molecule has 0 aromatic carbocycles. The standard InChI is InChI=1S/C18H24N4O2/c1-21-11-5-8-16(21)17-7-2-3-12-22(17)18(23)20-10-13-24-15-6-4-9-19-14-15/h4-6,8-9,11,14,17H,2-3,7,10,12-13H2,1H3,(H,20,23). The van der Waals surface area contributed by atoms with Crippen LogP contribution in [0.4, 0.5) is 4.79 Å². The third kappa shape index (κ3) is 3.88. The Morgan fingerprint density at radius 1 is 1.38 bits per heavy atom. The summed E-state index contributed by atoms with van der Waals surface area (Å²) in [6.07, 6.45) is 8.62. The van der Waals surface area contributed by atoms with E-state index in [9.17, 15) is 4.79 Å². The number of carbonyl (C=O) groups excluding carboxylic acids is 1. The van der Waals surface area contributed by atoms with E-state index in [4.69, 9.17) is 4.74 Å². The number of piperidine rings is 1. The third-order valence-electron chi connectivity index (χ3n) is 4.37. The molecule has 24 heavy (non-hydrogen) atoms. The van der Waals surface area contributed by atoms with Crippen molar-refractivity contribution in [1.82, 2.24) is 19.8 Å². The molecule has 1 N–H and O–H groups in total. The molecule has 2 aromatic rings. The number of pyridine rings is 1. The summed E-state index contributed by atoms with van der Waals surface area (Å²) in [5.74, 6) is 0.714. The van der Waals surface area contributed by atoms with Crippen LogP contribution in [-0.2, 0) is 7.05 Å². The van der Waals surface area contributed by atoms with Gasteiger partial charge >= 0.3 is 6.03 Å². The first kappa shape index (κ1) is 16.4. The highest BCUT2D eigenvalue weighted by Crippen LogP contribution is 2.30. The van der Waals surface area contributed by atoms with Crippen molar-refractivity contribution in [3.63, 3.8) is 0 Å². The highest BCUT2D eigenvalue weighted by atomic mass is 16.5. The van der Waals surface area contributed by atoms with Crippen molar-refractivity contribution in [2.75, 3.05) is 19.7 Å². The smallest absolute Gasteiger partial charge is 0.318 e. The first-order valence-electron chi connectivity index (χ1n) is 8.44. The zero-order chi connectivity index (χ0) is 16.8. The van der Waals surface area contributed by atoms with Crippen molar-refractivity contribution in [3.05, 3.63) is 48.5 Å². The lowest BCUT2D eigenvalue weighted by molar-refractivity contribution is 0.146. The van der Waals surface area contributed by atoms with Crippen molar-refractivity contribution < 1.29 is 9.53 Å². The summed E-state index contributed by atoms with van der Waals surface area (Å²) in [7, 11) is 2.03. The summed E-state index contributed by atoms with van der Waals surface area (Å²) in [6.45, 7) is 1.70. The van der Waals surface area contributed by atoms with Crippen molar-refractivity contribution in [1.29, 1.82) is 0 Å². The quantitative estimate of drug-likeness (QED) is 0.859. The maximum Gasteiger partial charge on any atom is 0.318 e. The van der Waals surface area contributed by atoms with Crippen LogP contribution in [0.5, 0.6) is 5.75 Å². The molecule has 1 unspecified atom stereocenters. The number of aromatic nitrogens is 2. The Bertz CT molecular complexity index is 656. The molecule has 1 atom stereocenters. The molecule has 0 spiro atoms. The summed E-state index contributed by atoms with van der Waals surface area (Å²) in [5.41, 5.74) is 1.19. The van der Waals surface area contributed by atoms with Crippen LogP contribution >= 0.6 is 0 Å². The Hall–Kier alpha value is -2.50. The number of carbonyl (C=O) groups is 1. The predicted molar refractivity (Wildman–Crippen MR) is 91.8 cm³/mol. The minimum atomic E-state index is -0.0179. The number of hydrogen-bond acceptors (Lipinski definition) is 3. The third-order valence-corrected chi connectivity index (χ3v) is 4.37. The van der Waals surface area contributed by atoms with E-state index in [0.717, 1.165) is 25.8 Å². The molecule has 0 bridgehead atoms. The molecule has 0 saturated carbocycles. The first-order valence-corrected chi connectivity index (χ1v) is 8.44. The van der Waals surface area contributed by atoms with Crippen molar-refractivity contribution in [3.8, 4) is 5.75 Å². The van der Waals surface area contributed by atoms with Crippen LogP contribution in [-0.4, -0.2) is 40.2 Å². The Kier molecular flexibility index (Phi) is 5.36.